The molecular weight excluding hydrogens is 345 g/mol. The van der Waals surface area contributed by atoms with E-state index in [0.717, 1.165) is 4.61 Å². The number of halogens is 3. The Labute approximate surface area is 111 Å². The second-order valence-electron chi connectivity index (χ2n) is 2.77. The van der Waals surface area contributed by atoms with Gasteiger partial charge in [0.25, 0.3) is 0 Å². The number of quaternary nitrogens is 1. The van der Waals surface area contributed by atoms with Gasteiger partial charge in [-0.05, 0) is 41.2 Å². The first-order valence-corrected chi connectivity index (χ1v) is 6.13. The highest BCUT2D eigenvalue weighted by molar-refractivity contribution is 9.18. The van der Waals surface area contributed by atoms with E-state index in [2.05, 4.69) is 31.9 Å². The van der Waals surface area contributed by atoms with Crippen molar-refractivity contribution in [1.29, 1.82) is 5.41 Å². The van der Waals surface area contributed by atoms with Gasteiger partial charge in [0.2, 0.25) is 0 Å². The fraction of sp³-hybridized carbons (Fsp3) is 0.222. The fourth-order valence-electron chi connectivity index (χ4n) is 0.787. The summed E-state index contributed by atoms with van der Waals surface area (Å²) in [5.41, 5.74) is 5.20. The summed E-state index contributed by atoms with van der Waals surface area (Å²) in [5.74, 6) is 0. The summed E-state index contributed by atoms with van der Waals surface area (Å²) in [4.78, 5) is 0. The molecule has 0 rings (SSSR count). The number of nitrogens with one attached hydrogen (secondary N) is 1. The summed E-state index contributed by atoms with van der Waals surface area (Å²) < 4.78 is 1.11. The van der Waals surface area contributed by atoms with Crippen molar-refractivity contribution in [3.63, 3.8) is 0 Å². The molecule has 0 aliphatic carbocycles. The van der Waals surface area contributed by atoms with Crippen molar-refractivity contribution >= 4 is 48.1 Å². The predicted octanol–water partition coefficient (Wildman–Crippen LogP) is 2.14. The Bertz CT molecular complexity index is 310. The minimum absolute atomic E-state index is 0.0698. The highest BCUT2D eigenvalue weighted by Crippen LogP contribution is 2.06. The molecule has 1 unspecified atom stereocenters. The molecule has 0 aromatic heterocycles. The topological polar surface area (TPSA) is 66.5 Å². The molecule has 0 bridgehead atoms. The van der Waals surface area contributed by atoms with Crippen LogP contribution in [0.1, 0.15) is 6.92 Å². The monoisotopic (exact) mass is 356 g/mol. The van der Waals surface area contributed by atoms with Gasteiger partial charge >= 0.3 is 0 Å². The van der Waals surface area contributed by atoms with Crippen molar-refractivity contribution in [2.24, 2.45) is 5.73 Å². The lowest BCUT2D eigenvalue weighted by Gasteiger charge is -2.07. The maximum absolute atomic E-state index is 7.20. The van der Waals surface area contributed by atoms with Crippen molar-refractivity contribution in [1.82, 2.24) is 0 Å². The Morgan fingerprint density at radius 2 is 2.13 bits per heavy atom. The van der Waals surface area contributed by atoms with E-state index in [0.29, 0.717) is 9.65 Å². The summed E-state index contributed by atoms with van der Waals surface area (Å²) in [6, 6.07) is 0.0698. The highest BCUT2D eigenvalue weighted by Gasteiger charge is 2.10. The van der Waals surface area contributed by atoms with Crippen molar-refractivity contribution in [3.8, 4) is 0 Å². The first-order valence-electron chi connectivity index (χ1n) is 4.17. The zero-order chi connectivity index (χ0) is 11.8. The molecule has 0 radical (unpaired) electrons. The molecule has 0 fully saturated rings. The third-order valence-corrected chi connectivity index (χ3v) is 2.67. The van der Waals surface area contributed by atoms with Gasteiger partial charge in [0.05, 0.1) is 5.03 Å². The van der Waals surface area contributed by atoms with Gasteiger partial charge in [-0.15, -0.1) is 0 Å². The van der Waals surface area contributed by atoms with E-state index in [1.54, 1.807) is 18.2 Å². The smallest absolute Gasteiger partial charge is 0.175 e. The molecule has 0 aromatic carbocycles. The van der Waals surface area contributed by atoms with Gasteiger partial charge in [-0.2, -0.15) is 0 Å². The normalized spacial score (nSPS) is 15.7. The molecule has 3 nitrogen and oxygen atoms in total. The Morgan fingerprint density at radius 3 is 2.60 bits per heavy atom. The van der Waals surface area contributed by atoms with Crippen LogP contribution in [0.5, 0.6) is 0 Å². The van der Waals surface area contributed by atoms with Gasteiger partial charge in [-0.1, -0.05) is 11.6 Å². The van der Waals surface area contributed by atoms with E-state index in [9.17, 15) is 0 Å². The maximum atomic E-state index is 7.20. The maximum Gasteiger partial charge on any atom is 0.175 e. The first kappa shape index (κ1) is 14.9. The second kappa shape index (κ2) is 8.10. The number of hydrogen-bond acceptors (Lipinski definition) is 2. The lowest BCUT2D eigenvalue weighted by Crippen LogP contribution is -2.86. The molecular formula is C9H13Br2ClN3+. The summed E-state index contributed by atoms with van der Waals surface area (Å²) in [6.07, 6.45) is 6.48. The van der Waals surface area contributed by atoms with Gasteiger partial charge in [0.1, 0.15) is 10.7 Å². The number of hydrogen-bond donors (Lipinski definition) is 3. The lowest BCUT2D eigenvalue weighted by molar-refractivity contribution is -0.617. The van der Waals surface area contributed by atoms with Crippen LogP contribution in [0.2, 0.25) is 0 Å². The number of rotatable bonds is 5. The van der Waals surface area contributed by atoms with Crippen LogP contribution in [0.25, 0.3) is 0 Å². The lowest BCUT2D eigenvalue weighted by atomic mass is 10.3. The van der Waals surface area contributed by atoms with E-state index in [4.69, 9.17) is 22.7 Å². The van der Waals surface area contributed by atoms with Crippen molar-refractivity contribution in [2.45, 2.75) is 13.0 Å². The Hall–Kier alpha value is -0.100. The average Bonchev–Trinajstić information content (AvgIpc) is 2.12. The zero-order valence-electron chi connectivity index (χ0n) is 8.18. The van der Waals surface area contributed by atoms with Crippen molar-refractivity contribution < 1.29 is 5.32 Å². The summed E-state index contributed by atoms with van der Waals surface area (Å²) in [5, 5.41) is 9.79. The quantitative estimate of drug-likeness (QED) is 0.393. The third kappa shape index (κ3) is 7.79. The molecule has 0 saturated carbocycles. The van der Waals surface area contributed by atoms with Crippen LogP contribution in [0.15, 0.2) is 34.1 Å². The molecule has 5 N–H and O–H groups in total. The molecule has 0 aliphatic heterocycles. The largest absolute Gasteiger partial charge is 0.405 e. The van der Waals surface area contributed by atoms with Crippen LogP contribution in [0.4, 0.5) is 0 Å². The predicted molar refractivity (Wildman–Crippen MR) is 72.3 cm³/mol. The molecule has 1 atom stereocenters. The number of nitrogens with two attached hydrogens (primary N) is 2. The van der Waals surface area contributed by atoms with Gasteiger partial charge in [0, 0.05) is 22.0 Å². The molecule has 0 saturated heterocycles. The molecule has 0 amide bonds. The fourth-order valence-corrected chi connectivity index (χ4v) is 2.10. The molecule has 0 aromatic rings. The minimum atomic E-state index is 0.0698. The zero-order valence-corrected chi connectivity index (χ0v) is 12.1. The Balaban J connectivity index is 4.36. The third-order valence-electron chi connectivity index (χ3n) is 1.48. The molecule has 15 heavy (non-hydrogen) atoms. The van der Waals surface area contributed by atoms with Crippen LogP contribution in [-0.2, 0) is 0 Å². The van der Waals surface area contributed by atoms with Crippen molar-refractivity contribution in [2.75, 3.05) is 0 Å². The molecule has 0 heterocycles. The highest BCUT2D eigenvalue weighted by atomic mass is 79.9. The summed E-state index contributed by atoms with van der Waals surface area (Å²) in [7, 11) is 0. The standard InChI is InChI=1S/C9H12Br2ClN3/c1-6(7(12)3-2-4-13)15-9(11)5-8(10)14/h2-6,14-15H,13H2,1H3/p+1. The molecule has 6 heteroatoms. The Kier molecular flexibility index (Phi) is 8.04. The average molecular weight is 358 g/mol. The Morgan fingerprint density at radius 1 is 1.53 bits per heavy atom. The van der Waals surface area contributed by atoms with E-state index < -0.39 is 0 Å². The van der Waals surface area contributed by atoms with Crippen LogP contribution in [-0.4, -0.2) is 10.7 Å². The summed E-state index contributed by atoms with van der Waals surface area (Å²) in [6.45, 7) is 1.95. The summed E-state index contributed by atoms with van der Waals surface area (Å²) >= 11 is 12.3. The van der Waals surface area contributed by atoms with Crippen LogP contribution in [0.3, 0.4) is 0 Å². The van der Waals surface area contributed by atoms with Gasteiger partial charge < -0.3 is 11.1 Å². The number of allylic oxidation sites excluding steroid dienone is 3. The van der Waals surface area contributed by atoms with Crippen molar-refractivity contribution in [3.05, 3.63) is 34.1 Å². The molecule has 84 valence electrons. The molecule has 0 spiro atoms. The van der Waals surface area contributed by atoms with E-state index in [1.807, 2.05) is 12.2 Å². The van der Waals surface area contributed by atoms with E-state index in [1.165, 1.54) is 6.20 Å². The van der Waals surface area contributed by atoms with Gasteiger partial charge in [-0.25, -0.2) is 0 Å². The van der Waals surface area contributed by atoms with Crippen LogP contribution < -0.4 is 11.1 Å². The SMILES string of the molecule is CC([NH2+]C(Br)=CC(=N)Br)C(Cl)=CC=CN. The first-order chi connectivity index (χ1) is 6.97. The van der Waals surface area contributed by atoms with E-state index in [-0.39, 0.29) is 6.04 Å². The van der Waals surface area contributed by atoms with Crippen LogP contribution in [0, 0.1) is 5.41 Å². The van der Waals surface area contributed by atoms with Gasteiger partial charge in [0.15, 0.2) is 4.61 Å². The van der Waals surface area contributed by atoms with Gasteiger partial charge in [-0.3, -0.25) is 5.41 Å². The van der Waals surface area contributed by atoms with E-state index >= 15 is 0 Å². The van der Waals surface area contributed by atoms with Crippen LogP contribution >= 0.6 is 43.5 Å². The minimum Gasteiger partial charge on any atom is -0.405 e. The second-order valence-corrected chi connectivity index (χ2v) is 4.98. The molecule has 0 aliphatic rings.